The molecule has 14 heavy (non-hydrogen) atoms. The number of halogens is 1. The van der Waals surface area contributed by atoms with Crippen LogP contribution in [-0.4, -0.2) is 18.2 Å². The number of hydrogen-bond acceptors (Lipinski definition) is 3. The molecule has 0 fully saturated rings. The molecule has 1 N–H and O–H groups in total. The molecule has 0 bridgehead atoms. The van der Waals surface area contributed by atoms with Crippen molar-refractivity contribution in [1.82, 2.24) is 0 Å². The van der Waals surface area contributed by atoms with E-state index in [9.17, 15) is 9.90 Å². The van der Waals surface area contributed by atoms with Crippen LogP contribution in [0, 0.1) is 6.92 Å². The monoisotopic (exact) mass is 214 g/mol. The third-order valence-electron chi connectivity index (χ3n) is 1.96. The molecule has 1 atom stereocenters. The van der Waals surface area contributed by atoms with E-state index in [4.69, 9.17) is 11.6 Å². The van der Waals surface area contributed by atoms with Gasteiger partial charge in [-0.3, -0.25) is 0 Å². The number of benzene rings is 1. The summed E-state index contributed by atoms with van der Waals surface area (Å²) >= 11 is 5.75. The maximum Gasteiger partial charge on any atom is 0.339 e. The topological polar surface area (TPSA) is 46.5 Å². The standard InChI is InChI=1S/C10H11ClO3/c1-6-3-4-7(11)5-8(6)9(12)10(13)14-2/h3-5,9,12H,1-2H3. The molecule has 0 saturated carbocycles. The second-order valence-electron chi connectivity index (χ2n) is 2.93. The van der Waals surface area contributed by atoms with Crippen LogP contribution < -0.4 is 0 Å². The lowest BCUT2D eigenvalue weighted by Gasteiger charge is -2.11. The van der Waals surface area contributed by atoms with Crippen LogP contribution in [0.15, 0.2) is 18.2 Å². The minimum absolute atomic E-state index is 0.476. The molecule has 0 radical (unpaired) electrons. The first-order valence-corrected chi connectivity index (χ1v) is 4.46. The van der Waals surface area contributed by atoms with Gasteiger partial charge >= 0.3 is 5.97 Å². The first kappa shape index (κ1) is 11.0. The van der Waals surface area contributed by atoms with Gasteiger partial charge in [0.2, 0.25) is 0 Å². The number of aryl methyl sites for hydroxylation is 1. The van der Waals surface area contributed by atoms with Gasteiger partial charge < -0.3 is 9.84 Å². The lowest BCUT2D eigenvalue weighted by molar-refractivity contribution is -0.150. The fourth-order valence-electron chi connectivity index (χ4n) is 1.14. The zero-order valence-electron chi connectivity index (χ0n) is 7.95. The van der Waals surface area contributed by atoms with Crippen LogP contribution in [0.5, 0.6) is 0 Å². The van der Waals surface area contributed by atoms with E-state index in [2.05, 4.69) is 4.74 Å². The minimum atomic E-state index is -1.27. The highest BCUT2D eigenvalue weighted by Gasteiger charge is 2.19. The van der Waals surface area contributed by atoms with E-state index >= 15 is 0 Å². The van der Waals surface area contributed by atoms with Crippen LogP contribution in [0.1, 0.15) is 17.2 Å². The summed E-state index contributed by atoms with van der Waals surface area (Å²) in [4.78, 5) is 11.1. The molecule has 3 nitrogen and oxygen atoms in total. The Morgan fingerprint density at radius 2 is 2.21 bits per heavy atom. The zero-order chi connectivity index (χ0) is 10.7. The molecule has 0 aliphatic carbocycles. The van der Waals surface area contributed by atoms with Crippen molar-refractivity contribution in [2.45, 2.75) is 13.0 Å². The summed E-state index contributed by atoms with van der Waals surface area (Å²) in [6.07, 6.45) is -1.27. The van der Waals surface area contributed by atoms with Crippen LogP contribution in [0.3, 0.4) is 0 Å². The molecule has 76 valence electrons. The maximum absolute atomic E-state index is 11.1. The van der Waals surface area contributed by atoms with Crippen LogP contribution in [0.2, 0.25) is 5.02 Å². The predicted octanol–water partition coefficient (Wildman–Crippen LogP) is 1.85. The van der Waals surface area contributed by atoms with Crippen molar-refractivity contribution in [3.8, 4) is 0 Å². The SMILES string of the molecule is COC(=O)C(O)c1cc(Cl)ccc1C. The number of methoxy groups -OCH3 is 1. The average Bonchev–Trinajstić information content (AvgIpc) is 2.19. The number of rotatable bonds is 2. The van der Waals surface area contributed by atoms with Crippen LogP contribution >= 0.6 is 11.6 Å². The van der Waals surface area contributed by atoms with Gasteiger partial charge in [-0.15, -0.1) is 0 Å². The van der Waals surface area contributed by atoms with Gasteiger partial charge in [0.05, 0.1) is 7.11 Å². The molecule has 0 aliphatic heterocycles. The van der Waals surface area contributed by atoms with Gasteiger partial charge in [0.25, 0.3) is 0 Å². The van der Waals surface area contributed by atoms with Gasteiger partial charge in [0.1, 0.15) is 0 Å². The summed E-state index contributed by atoms with van der Waals surface area (Å²) in [6, 6.07) is 4.99. The third kappa shape index (κ3) is 2.25. The largest absolute Gasteiger partial charge is 0.467 e. The number of ether oxygens (including phenoxy) is 1. The molecule has 1 unspecified atom stereocenters. The number of carbonyl (C=O) groups is 1. The Morgan fingerprint density at radius 3 is 2.79 bits per heavy atom. The number of aliphatic hydroxyl groups is 1. The summed E-state index contributed by atoms with van der Waals surface area (Å²) in [5, 5.41) is 10.0. The van der Waals surface area contributed by atoms with E-state index < -0.39 is 12.1 Å². The van der Waals surface area contributed by atoms with Crippen molar-refractivity contribution in [3.05, 3.63) is 34.3 Å². The van der Waals surface area contributed by atoms with Crippen molar-refractivity contribution in [1.29, 1.82) is 0 Å². The Labute approximate surface area is 87.3 Å². The van der Waals surface area contributed by atoms with E-state index in [-0.39, 0.29) is 0 Å². The van der Waals surface area contributed by atoms with E-state index in [0.717, 1.165) is 5.56 Å². The molecule has 0 spiro atoms. The molecular formula is C10H11ClO3. The van der Waals surface area contributed by atoms with E-state index in [0.29, 0.717) is 10.6 Å². The fourth-order valence-corrected chi connectivity index (χ4v) is 1.33. The second-order valence-corrected chi connectivity index (χ2v) is 3.36. The maximum atomic E-state index is 11.1. The van der Waals surface area contributed by atoms with Crippen molar-refractivity contribution in [2.24, 2.45) is 0 Å². The summed E-state index contributed by atoms with van der Waals surface area (Å²) in [5.74, 6) is -0.685. The van der Waals surface area contributed by atoms with E-state index in [1.54, 1.807) is 25.1 Å². The third-order valence-corrected chi connectivity index (χ3v) is 2.20. The highest BCUT2D eigenvalue weighted by molar-refractivity contribution is 6.30. The molecule has 4 heteroatoms. The van der Waals surface area contributed by atoms with Crippen LogP contribution in [0.25, 0.3) is 0 Å². The molecule has 0 heterocycles. The molecule has 1 rings (SSSR count). The number of esters is 1. The Morgan fingerprint density at radius 1 is 1.57 bits per heavy atom. The normalized spacial score (nSPS) is 12.3. The molecular weight excluding hydrogens is 204 g/mol. The van der Waals surface area contributed by atoms with Gasteiger partial charge in [-0.1, -0.05) is 17.7 Å². The Kier molecular flexibility index (Phi) is 3.49. The minimum Gasteiger partial charge on any atom is -0.467 e. The van der Waals surface area contributed by atoms with Crippen molar-refractivity contribution >= 4 is 17.6 Å². The molecule has 1 aromatic carbocycles. The summed E-state index contributed by atoms with van der Waals surface area (Å²) in [7, 11) is 1.23. The predicted molar refractivity (Wildman–Crippen MR) is 53.2 cm³/mol. The molecule has 0 amide bonds. The second kappa shape index (κ2) is 4.44. The Balaban J connectivity index is 3.05. The molecule has 0 aromatic heterocycles. The summed E-state index contributed by atoms with van der Waals surface area (Å²) in [6.45, 7) is 1.79. The molecule has 0 saturated heterocycles. The highest BCUT2D eigenvalue weighted by atomic mass is 35.5. The Bertz CT molecular complexity index is 349. The van der Waals surface area contributed by atoms with E-state index in [1.165, 1.54) is 7.11 Å². The van der Waals surface area contributed by atoms with Crippen molar-refractivity contribution in [3.63, 3.8) is 0 Å². The lowest BCUT2D eigenvalue weighted by atomic mass is 10.0. The zero-order valence-corrected chi connectivity index (χ0v) is 8.71. The van der Waals surface area contributed by atoms with Gasteiger partial charge in [-0.05, 0) is 30.2 Å². The van der Waals surface area contributed by atoms with E-state index in [1.807, 2.05) is 0 Å². The van der Waals surface area contributed by atoms with Gasteiger partial charge in [-0.2, -0.15) is 0 Å². The van der Waals surface area contributed by atoms with Gasteiger partial charge in [-0.25, -0.2) is 4.79 Å². The van der Waals surface area contributed by atoms with Crippen molar-refractivity contribution in [2.75, 3.05) is 7.11 Å². The summed E-state index contributed by atoms with van der Waals surface area (Å²) in [5.41, 5.74) is 1.27. The van der Waals surface area contributed by atoms with Gasteiger partial charge in [0.15, 0.2) is 6.10 Å². The van der Waals surface area contributed by atoms with Crippen LogP contribution in [0.4, 0.5) is 0 Å². The number of hydrogen-bond donors (Lipinski definition) is 1. The molecule has 1 aromatic rings. The number of carbonyl (C=O) groups excluding carboxylic acids is 1. The van der Waals surface area contributed by atoms with Gasteiger partial charge in [0, 0.05) is 5.02 Å². The van der Waals surface area contributed by atoms with Crippen LogP contribution in [-0.2, 0) is 9.53 Å². The fraction of sp³-hybridized carbons (Fsp3) is 0.300. The first-order chi connectivity index (χ1) is 6.56. The quantitative estimate of drug-likeness (QED) is 0.765. The average molecular weight is 215 g/mol. The Hall–Kier alpha value is -1.06. The smallest absolute Gasteiger partial charge is 0.339 e. The highest BCUT2D eigenvalue weighted by Crippen LogP contribution is 2.22. The first-order valence-electron chi connectivity index (χ1n) is 4.08. The molecule has 0 aliphatic rings. The lowest BCUT2D eigenvalue weighted by Crippen LogP contribution is -2.14. The number of aliphatic hydroxyl groups excluding tert-OH is 1. The summed E-state index contributed by atoms with van der Waals surface area (Å²) < 4.78 is 4.43. The van der Waals surface area contributed by atoms with Crippen molar-refractivity contribution < 1.29 is 14.6 Å².